The van der Waals surface area contributed by atoms with Crippen LogP contribution in [0.5, 0.6) is 5.75 Å². The van der Waals surface area contributed by atoms with Gasteiger partial charge in [0.05, 0.1) is 18.4 Å². The molecule has 0 aliphatic heterocycles. The fourth-order valence-corrected chi connectivity index (χ4v) is 3.69. The Labute approximate surface area is 179 Å². The number of hydrogen-bond donors (Lipinski definition) is 1. The second kappa shape index (κ2) is 10.1. The van der Waals surface area contributed by atoms with Crippen LogP contribution in [0.3, 0.4) is 0 Å². The number of carbonyl (C=O) groups is 1. The highest BCUT2D eigenvalue weighted by Crippen LogP contribution is 2.30. The number of aromatic nitrogens is 3. The first-order chi connectivity index (χ1) is 14.5. The summed E-state index contributed by atoms with van der Waals surface area (Å²) < 4.78 is 20.7. The number of halogens is 1. The van der Waals surface area contributed by atoms with E-state index in [-0.39, 0.29) is 17.5 Å². The molecule has 1 N–H and O–H groups in total. The molecule has 1 aromatic heterocycles. The highest BCUT2D eigenvalue weighted by Gasteiger charge is 2.17. The second-order valence-electron chi connectivity index (χ2n) is 6.55. The van der Waals surface area contributed by atoms with Gasteiger partial charge in [-0.15, -0.1) is 16.8 Å². The largest absolute Gasteiger partial charge is 0.496 e. The molecular formula is C22H23FN4O2S. The highest BCUT2D eigenvalue weighted by molar-refractivity contribution is 7.99. The van der Waals surface area contributed by atoms with E-state index in [1.807, 2.05) is 28.8 Å². The fourth-order valence-electron chi connectivity index (χ4n) is 2.92. The maximum Gasteiger partial charge on any atom is 0.230 e. The van der Waals surface area contributed by atoms with Gasteiger partial charge < -0.3 is 10.1 Å². The summed E-state index contributed by atoms with van der Waals surface area (Å²) in [5.41, 5.74) is 2.22. The maximum atomic E-state index is 13.4. The molecular weight excluding hydrogens is 403 g/mol. The molecule has 156 valence electrons. The van der Waals surface area contributed by atoms with E-state index < -0.39 is 0 Å². The molecule has 0 bridgehead atoms. The van der Waals surface area contributed by atoms with E-state index in [9.17, 15) is 9.18 Å². The van der Waals surface area contributed by atoms with Gasteiger partial charge >= 0.3 is 0 Å². The van der Waals surface area contributed by atoms with Crippen molar-refractivity contribution in [3.05, 3.63) is 72.1 Å². The molecule has 0 aliphatic rings. The van der Waals surface area contributed by atoms with Gasteiger partial charge in [0.15, 0.2) is 11.0 Å². The summed E-state index contributed by atoms with van der Waals surface area (Å²) in [4.78, 5) is 12.3. The molecule has 2 aromatic carbocycles. The Morgan fingerprint density at radius 3 is 2.83 bits per heavy atom. The number of thioether (sulfide) groups is 1. The lowest BCUT2D eigenvalue weighted by Crippen LogP contribution is -2.24. The van der Waals surface area contributed by atoms with Crippen LogP contribution < -0.4 is 10.1 Å². The number of nitrogens with one attached hydrogen (secondary N) is 1. The fraction of sp³-hybridized carbons (Fsp3) is 0.227. The summed E-state index contributed by atoms with van der Waals surface area (Å²) in [5.74, 6) is 1.12. The molecule has 0 saturated carbocycles. The Morgan fingerprint density at radius 1 is 1.30 bits per heavy atom. The molecule has 3 aromatic rings. The third-order valence-electron chi connectivity index (χ3n) is 4.42. The van der Waals surface area contributed by atoms with Crippen LogP contribution in [0.1, 0.15) is 11.1 Å². The molecule has 3 rings (SSSR count). The van der Waals surface area contributed by atoms with Crippen molar-refractivity contribution in [2.24, 2.45) is 0 Å². The van der Waals surface area contributed by atoms with Crippen molar-refractivity contribution in [1.82, 2.24) is 20.1 Å². The number of methoxy groups -OCH3 is 1. The van der Waals surface area contributed by atoms with Crippen LogP contribution >= 0.6 is 11.8 Å². The average molecular weight is 427 g/mol. The van der Waals surface area contributed by atoms with Gasteiger partial charge in [-0.3, -0.25) is 9.36 Å². The molecule has 1 heterocycles. The standard InChI is InChI=1S/C22H23FN4O2S/c1-4-11-27-21(17-7-5-6-8-19(17)29-3)25-26-22(27)30-14-20(28)24-13-16-9-10-18(23)15(2)12-16/h4-10,12H,1,11,13-14H2,2-3H3,(H,24,28). The van der Waals surface area contributed by atoms with Crippen LogP contribution in [0.15, 0.2) is 60.3 Å². The van der Waals surface area contributed by atoms with E-state index >= 15 is 0 Å². The molecule has 0 saturated heterocycles. The lowest BCUT2D eigenvalue weighted by Gasteiger charge is -2.10. The molecule has 30 heavy (non-hydrogen) atoms. The lowest BCUT2D eigenvalue weighted by molar-refractivity contribution is -0.118. The Kier molecular flexibility index (Phi) is 7.24. The van der Waals surface area contributed by atoms with Gasteiger partial charge in [-0.1, -0.05) is 42.1 Å². The Bertz CT molecular complexity index is 1050. The third-order valence-corrected chi connectivity index (χ3v) is 5.39. The van der Waals surface area contributed by atoms with Crippen LogP contribution in [0, 0.1) is 12.7 Å². The van der Waals surface area contributed by atoms with Gasteiger partial charge in [0, 0.05) is 13.1 Å². The van der Waals surface area contributed by atoms with Crippen LogP contribution in [0.2, 0.25) is 0 Å². The summed E-state index contributed by atoms with van der Waals surface area (Å²) in [6.45, 7) is 6.34. The number of aryl methyl sites for hydroxylation is 1. The highest BCUT2D eigenvalue weighted by atomic mass is 32.2. The number of para-hydroxylation sites is 1. The molecule has 0 atom stereocenters. The van der Waals surface area contributed by atoms with E-state index in [1.54, 1.807) is 32.2 Å². The van der Waals surface area contributed by atoms with Crippen LogP contribution in [0.25, 0.3) is 11.4 Å². The van der Waals surface area contributed by atoms with E-state index in [1.165, 1.54) is 17.8 Å². The monoisotopic (exact) mass is 426 g/mol. The van der Waals surface area contributed by atoms with E-state index in [0.29, 0.717) is 35.4 Å². The van der Waals surface area contributed by atoms with Gasteiger partial charge in [0.1, 0.15) is 11.6 Å². The number of rotatable bonds is 9. The van der Waals surface area contributed by atoms with Crippen molar-refractivity contribution in [3.8, 4) is 17.1 Å². The minimum atomic E-state index is -0.256. The molecule has 0 aliphatic carbocycles. The number of carbonyl (C=O) groups excluding carboxylic acids is 1. The zero-order valence-corrected chi connectivity index (χ0v) is 17.7. The third kappa shape index (κ3) is 5.07. The molecule has 0 spiro atoms. The second-order valence-corrected chi connectivity index (χ2v) is 7.50. The zero-order valence-electron chi connectivity index (χ0n) is 16.9. The zero-order chi connectivity index (χ0) is 21.5. The van der Waals surface area contributed by atoms with Crippen molar-refractivity contribution in [3.63, 3.8) is 0 Å². The van der Waals surface area contributed by atoms with Crippen molar-refractivity contribution in [2.75, 3.05) is 12.9 Å². The Hall–Kier alpha value is -3.13. The van der Waals surface area contributed by atoms with Gasteiger partial charge in [-0.25, -0.2) is 4.39 Å². The van der Waals surface area contributed by atoms with Crippen molar-refractivity contribution in [2.45, 2.75) is 25.2 Å². The van der Waals surface area contributed by atoms with E-state index in [4.69, 9.17) is 4.74 Å². The van der Waals surface area contributed by atoms with Gasteiger partial charge in [-0.05, 0) is 36.2 Å². The van der Waals surface area contributed by atoms with Crippen molar-refractivity contribution in [1.29, 1.82) is 0 Å². The summed E-state index contributed by atoms with van der Waals surface area (Å²) in [7, 11) is 1.61. The predicted molar refractivity (Wildman–Crippen MR) is 116 cm³/mol. The van der Waals surface area contributed by atoms with E-state index in [0.717, 1.165) is 11.1 Å². The average Bonchev–Trinajstić information content (AvgIpc) is 3.15. The lowest BCUT2D eigenvalue weighted by atomic mass is 10.1. The SMILES string of the molecule is C=CCn1c(SCC(=O)NCc2ccc(F)c(C)c2)nnc1-c1ccccc1OC. The van der Waals surface area contributed by atoms with Crippen LogP contribution in [-0.4, -0.2) is 33.5 Å². The normalized spacial score (nSPS) is 10.6. The number of ether oxygens (including phenoxy) is 1. The van der Waals surface area contributed by atoms with Crippen LogP contribution in [0.4, 0.5) is 4.39 Å². The molecule has 0 radical (unpaired) electrons. The molecule has 6 nitrogen and oxygen atoms in total. The van der Waals surface area contributed by atoms with E-state index in [2.05, 4.69) is 22.1 Å². The maximum absolute atomic E-state index is 13.4. The number of amides is 1. The van der Waals surface area contributed by atoms with Crippen molar-refractivity contribution >= 4 is 17.7 Å². The first kappa shape index (κ1) is 21.6. The quantitative estimate of drug-likeness (QED) is 0.414. The number of allylic oxidation sites excluding steroid dienone is 1. The molecule has 1 amide bonds. The first-order valence-electron chi connectivity index (χ1n) is 9.35. The van der Waals surface area contributed by atoms with Gasteiger partial charge in [0.25, 0.3) is 0 Å². The predicted octanol–water partition coefficient (Wildman–Crippen LogP) is 4.00. The summed E-state index contributed by atoms with van der Waals surface area (Å²) in [6, 6.07) is 12.4. The van der Waals surface area contributed by atoms with Gasteiger partial charge in [-0.2, -0.15) is 0 Å². The van der Waals surface area contributed by atoms with Crippen LogP contribution in [-0.2, 0) is 17.9 Å². The molecule has 0 fully saturated rings. The summed E-state index contributed by atoms with van der Waals surface area (Å²) in [5, 5.41) is 12.0. The number of nitrogens with zero attached hydrogens (tertiary/aromatic N) is 3. The Balaban J connectivity index is 1.67. The minimum Gasteiger partial charge on any atom is -0.496 e. The smallest absolute Gasteiger partial charge is 0.230 e. The number of hydrogen-bond acceptors (Lipinski definition) is 5. The first-order valence-corrected chi connectivity index (χ1v) is 10.3. The molecule has 0 unspecified atom stereocenters. The molecule has 8 heteroatoms. The Morgan fingerprint density at radius 2 is 2.10 bits per heavy atom. The summed E-state index contributed by atoms with van der Waals surface area (Å²) >= 11 is 1.29. The minimum absolute atomic E-state index is 0.144. The van der Waals surface area contributed by atoms with Crippen molar-refractivity contribution < 1.29 is 13.9 Å². The number of benzene rings is 2. The topological polar surface area (TPSA) is 69.0 Å². The summed E-state index contributed by atoms with van der Waals surface area (Å²) in [6.07, 6.45) is 1.75. The van der Waals surface area contributed by atoms with Gasteiger partial charge in [0.2, 0.25) is 5.91 Å².